The van der Waals surface area contributed by atoms with Crippen LogP contribution in [0.4, 0.5) is 14.5 Å². The van der Waals surface area contributed by atoms with Gasteiger partial charge < -0.3 is 5.32 Å². The fourth-order valence-electron chi connectivity index (χ4n) is 1.70. The fourth-order valence-corrected chi connectivity index (χ4v) is 2.57. The van der Waals surface area contributed by atoms with Gasteiger partial charge in [0.1, 0.15) is 11.6 Å². The van der Waals surface area contributed by atoms with Crippen LogP contribution in [0.1, 0.15) is 12.5 Å². The number of anilines is 1. The van der Waals surface area contributed by atoms with Crippen LogP contribution in [-0.4, -0.2) is 11.2 Å². The van der Waals surface area contributed by atoms with Crippen molar-refractivity contribution in [1.29, 1.82) is 0 Å². The molecule has 0 fully saturated rings. The summed E-state index contributed by atoms with van der Waals surface area (Å²) < 4.78 is 26.3. The standard InChI is InChI=1S/C16H15F2NOS/c1-10-3-6-13(7-4-10)21-11(2)16(20)19-15-8-5-12(17)9-14(15)18/h3-9,11H,1-2H3,(H,19,20)/t11-/m1/s1. The summed E-state index contributed by atoms with van der Waals surface area (Å²) in [6, 6.07) is 10.9. The summed E-state index contributed by atoms with van der Waals surface area (Å²) in [6.45, 7) is 3.73. The summed E-state index contributed by atoms with van der Waals surface area (Å²) in [5.41, 5.74) is 1.13. The summed E-state index contributed by atoms with van der Waals surface area (Å²) in [6.07, 6.45) is 0. The molecule has 2 aromatic carbocycles. The van der Waals surface area contributed by atoms with Crippen molar-refractivity contribution >= 4 is 23.4 Å². The Morgan fingerprint density at radius 2 is 1.81 bits per heavy atom. The zero-order chi connectivity index (χ0) is 15.4. The van der Waals surface area contributed by atoms with Gasteiger partial charge in [0.2, 0.25) is 5.91 Å². The Morgan fingerprint density at radius 1 is 1.14 bits per heavy atom. The van der Waals surface area contributed by atoms with Gasteiger partial charge in [-0.05, 0) is 38.1 Å². The van der Waals surface area contributed by atoms with Gasteiger partial charge in [-0.25, -0.2) is 8.78 Å². The highest BCUT2D eigenvalue weighted by molar-refractivity contribution is 8.00. The molecule has 0 heterocycles. The maximum absolute atomic E-state index is 13.5. The summed E-state index contributed by atoms with van der Waals surface area (Å²) in [7, 11) is 0. The molecule has 5 heteroatoms. The van der Waals surface area contributed by atoms with Crippen molar-refractivity contribution in [2.24, 2.45) is 0 Å². The Kier molecular flexibility index (Phi) is 4.96. The molecule has 0 aliphatic heterocycles. The SMILES string of the molecule is Cc1ccc(S[C@H](C)C(=O)Nc2ccc(F)cc2F)cc1. The van der Waals surface area contributed by atoms with Gasteiger partial charge in [0.25, 0.3) is 0 Å². The van der Waals surface area contributed by atoms with E-state index in [9.17, 15) is 13.6 Å². The molecule has 0 spiro atoms. The molecule has 0 aromatic heterocycles. The van der Waals surface area contributed by atoms with E-state index in [2.05, 4.69) is 5.32 Å². The molecule has 21 heavy (non-hydrogen) atoms. The number of nitrogens with one attached hydrogen (secondary N) is 1. The van der Waals surface area contributed by atoms with Crippen molar-refractivity contribution in [2.45, 2.75) is 24.0 Å². The highest BCUT2D eigenvalue weighted by Gasteiger charge is 2.16. The van der Waals surface area contributed by atoms with Crippen LogP contribution in [-0.2, 0) is 4.79 Å². The molecule has 0 bridgehead atoms. The number of carbonyl (C=O) groups excluding carboxylic acids is 1. The Balaban J connectivity index is 2.00. The first-order valence-corrected chi connectivity index (χ1v) is 7.33. The number of benzene rings is 2. The average molecular weight is 307 g/mol. The molecule has 0 saturated heterocycles. The highest BCUT2D eigenvalue weighted by Crippen LogP contribution is 2.25. The van der Waals surface area contributed by atoms with E-state index in [4.69, 9.17) is 0 Å². The van der Waals surface area contributed by atoms with Crippen molar-refractivity contribution in [3.05, 3.63) is 59.7 Å². The molecule has 0 unspecified atom stereocenters. The van der Waals surface area contributed by atoms with Gasteiger partial charge in [-0.2, -0.15) is 0 Å². The molecular formula is C16H15F2NOS. The zero-order valence-electron chi connectivity index (χ0n) is 11.7. The molecule has 110 valence electrons. The Bertz CT molecular complexity index is 643. The molecule has 0 aliphatic carbocycles. The first-order chi connectivity index (χ1) is 9.95. The summed E-state index contributed by atoms with van der Waals surface area (Å²) in [4.78, 5) is 13.0. The van der Waals surface area contributed by atoms with E-state index in [1.807, 2.05) is 31.2 Å². The maximum Gasteiger partial charge on any atom is 0.237 e. The molecule has 2 rings (SSSR count). The predicted molar refractivity (Wildman–Crippen MR) is 81.5 cm³/mol. The minimum absolute atomic E-state index is 0.0160. The Morgan fingerprint density at radius 3 is 2.43 bits per heavy atom. The number of hydrogen-bond donors (Lipinski definition) is 1. The van der Waals surface area contributed by atoms with Crippen LogP contribution in [0.3, 0.4) is 0 Å². The molecule has 1 amide bonds. The van der Waals surface area contributed by atoms with E-state index in [1.54, 1.807) is 6.92 Å². The largest absolute Gasteiger partial charge is 0.323 e. The van der Waals surface area contributed by atoms with Crippen molar-refractivity contribution < 1.29 is 13.6 Å². The molecule has 1 atom stereocenters. The molecule has 0 radical (unpaired) electrons. The van der Waals surface area contributed by atoms with Crippen LogP contribution in [0, 0.1) is 18.6 Å². The van der Waals surface area contributed by atoms with E-state index in [1.165, 1.54) is 17.8 Å². The fraction of sp³-hybridized carbons (Fsp3) is 0.188. The second kappa shape index (κ2) is 6.72. The van der Waals surface area contributed by atoms with E-state index >= 15 is 0 Å². The van der Waals surface area contributed by atoms with Crippen molar-refractivity contribution in [2.75, 3.05) is 5.32 Å². The molecule has 2 nitrogen and oxygen atoms in total. The average Bonchev–Trinajstić information content (AvgIpc) is 2.44. The zero-order valence-corrected chi connectivity index (χ0v) is 12.5. The topological polar surface area (TPSA) is 29.1 Å². The van der Waals surface area contributed by atoms with Gasteiger partial charge in [0.05, 0.1) is 10.9 Å². The van der Waals surface area contributed by atoms with Crippen LogP contribution in [0.15, 0.2) is 47.4 Å². The first kappa shape index (κ1) is 15.5. The Hall–Kier alpha value is -1.88. The van der Waals surface area contributed by atoms with Gasteiger partial charge in [0, 0.05) is 11.0 Å². The number of amides is 1. The molecule has 1 N–H and O–H groups in total. The molecule has 0 saturated carbocycles. The van der Waals surface area contributed by atoms with E-state index in [-0.39, 0.29) is 11.6 Å². The number of thioether (sulfide) groups is 1. The van der Waals surface area contributed by atoms with E-state index in [0.717, 1.165) is 22.6 Å². The van der Waals surface area contributed by atoms with Gasteiger partial charge >= 0.3 is 0 Å². The maximum atomic E-state index is 13.5. The normalized spacial score (nSPS) is 12.0. The minimum atomic E-state index is -0.782. The third-order valence-electron chi connectivity index (χ3n) is 2.89. The third-order valence-corrected chi connectivity index (χ3v) is 4.00. The second-order valence-corrected chi connectivity index (χ2v) is 6.10. The predicted octanol–water partition coefficient (Wildman–Crippen LogP) is 4.39. The first-order valence-electron chi connectivity index (χ1n) is 6.45. The number of aryl methyl sites for hydroxylation is 1. The second-order valence-electron chi connectivity index (χ2n) is 4.69. The number of rotatable bonds is 4. The number of carbonyl (C=O) groups is 1. The minimum Gasteiger partial charge on any atom is -0.323 e. The smallest absolute Gasteiger partial charge is 0.237 e. The molecular weight excluding hydrogens is 292 g/mol. The van der Waals surface area contributed by atoms with Crippen LogP contribution < -0.4 is 5.32 Å². The molecule has 0 aliphatic rings. The van der Waals surface area contributed by atoms with Crippen LogP contribution in [0.25, 0.3) is 0 Å². The van der Waals surface area contributed by atoms with Gasteiger partial charge in [0.15, 0.2) is 0 Å². The highest BCUT2D eigenvalue weighted by atomic mass is 32.2. The number of halogens is 2. The summed E-state index contributed by atoms with van der Waals surface area (Å²) in [5.74, 6) is -1.78. The van der Waals surface area contributed by atoms with Gasteiger partial charge in [-0.3, -0.25) is 4.79 Å². The van der Waals surface area contributed by atoms with E-state index in [0.29, 0.717) is 0 Å². The summed E-state index contributed by atoms with van der Waals surface area (Å²) >= 11 is 1.38. The van der Waals surface area contributed by atoms with Gasteiger partial charge in [-0.15, -0.1) is 11.8 Å². The van der Waals surface area contributed by atoms with Crippen molar-refractivity contribution in [3.63, 3.8) is 0 Å². The lowest BCUT2D eigenvalue weighted by molar-refractivity contribution is -0.115. The van der Waals surface area contributed by atoms with Crippen molar-refractivity contribution in [1.82, 2.24) is 0 Å². The van der Waals surface area contributed by atoms with Crippen LogP contribution in [0.2, 0.25) is 0 Å². The lowest BCUT2D eigenvalue weighted by atomic mass is 10.2. The van der Waals surface area contributed by atoms with Crippen LogP contribution in [0.5, 0.6) is 0 Å². The van der Waals surface area contributed by atoms with Crippen molar-refractivity contribution in [3.8, 4) is 0 Å². The lowest BCUT2D eigenvalue weighted by Gasteiger charge is -2.12. The summed E-state index contributed by atoms with van der Waals surface area (Å²) in [5, 5.41) is 2.08. The third kappa shape index (κ3) is 4.29. The van der Waals surface area contributed by atoms with Crippen LogP contribution >= 0.6 is 11.8 Å². The quantitative estimate of drug-likeness (QED) is 0.849. The Labute approximate surface area is 126 Å². The number of hydrogen-bond acceptors (Lipinski definition) is 2. The van der Waals surface area contributed by atoms with E-state index < -0.39 is 16.9 Å². The monoisotopic (exact) mass is 307 g/mol. The molecule has 2 aromatic rings. The van der Waals surface area contributed by atoms with Gasteiger partial charge in [-0.1, -0.05) is 17.7 Å². The lowest BCUT2D eigenvalue weighted by Crippen LogP contribution is -2.23.